The summed E-state index contributed by atoms with van der Waals surface area (Å²) < 4.78 is 61.6. The molecule has 1 heterocycles. The molecular weight excluding hydrogens is 570 g/mol. The number of morpholine rings is 1. The second-order valence-electron chi connectivity index (χ2n) is 8.05. The van der Waals surface area contributed by atoms with Crippen molar-refractivity contribution in [1.29, 1.82) is 0 Å². The maximum Gasteiger partial charge on any atom is 0.261 e. The van der Waals surface area contributed by atoms with Crippen LogP contribution in [-0.2, 0) is 24.8 Å². The molecule has 1 aliphatic rings. The molecule has 0 aromatic heterocycles. The number of carbonyl (C=O) groups is 1. The molecule has 0 aliphatic carbocycles. The summed E-state index contributed by atoms with van der Waals surface area (Å²) in [4.78, 5) is 13.3. The monoisotopic (exact) mass is 593 g/mol. The van der Waals surface area contributed by atoms with Gasteiger partial charge in [-0.05, 0) is 61.0 Å². The average molecular weight is 595 g/mol. The third-order valence-electron chi connectivity index (χ3n) is 5.61. The van der Waals surface area contributed by atoms with Gasteiger partial charge in [0.15, 0.2) is 0 Å². The smallest absolute Gasteiger partial charge is 0.261 e. The number of aryl methyl sites for hydroxylation is 1. The maximum absolute atomic E-state index is 13.2. The Kier molecular flexibility index (Phi) is 7.81. The number of amides is 1. The predicted octanol–water partition coefficient (Wildman–Crippen LogP) is 3.83. The molecule has 0 bridgehead atoms. The van der Waals surface area contributed by atoms with Crippen LogP contribution in [0.3, 0.4) is 0 Å². The number of benzene rings is 3. The van der Waals surface area contributed by atoms with Crippen LogP contribution >= 0.6 is 15.9 Å². The summed E-state index contributed by atoms with van der Waals surface area (Å²) in [6.45, 7) is 2.89. The fourth-order valence-corrected chi connectivity index (χ4v) is 6.39. The summed E-state index contributed by atoms with van der Waals surface area (Å²) in [6, 6.07) is 16.8. The van der Waals surface area contributed by atoms with Crippen molar-refractivity contribution in [2.45, 2.75) is 16.7 Å². The number of carbonyl (C=O) groups excluding carboxylic acids is 1. The Hall–Kier alpha value is -2.77. The first-order chi connectivity index (χ1) is 17.1. The van der Waals surface area contributed by atoms with Crippen LogP contribution in [0.1, 0.15) is 15.9 Å². The molecule has 1 fully saturated rings. The molecule has 4 rings (SSSR count). The zero-order valence-corrected chi connectivity index (χ0v) is 22.5. The van der Waals surface area contributed by atoms with Crippen LogP contribution in [0.15, 0.2) is 81.0 Å². The lowest BCUT2D eigenvalue weighted by Gasteiger charge is -2.26. The molecule has 1 amide bonds. The Morgan fingerprint density at radius 2 is 1.53 bits per heavy atom. The summed E-state index contributed by atoms with van der Waals surface area (Å²) in [7, 11) is -7.71. The largest absolute Gasteiger partial charge is 0.379 e. The van der Waals surface area contributed by atoms with Gasteiger partial charge in [-0.3, -0.25) is 9.52 Å². The number of anilines is 2. The van der Waals surface area contributed by atoms with Gasteiger partial charge in [0, 0.05) is 23.2 Å². The summed E-state index contributed by atoms with van der Waals surface area (Å²) in [5, 5.41) is 2.73. The number of para-hydroxylation sites is 1. The lowest BCUT2D eigenvalue weighted by molar-refractivity contribution is 0.0730. The van der Waals surface area contributed by atoms with Gasteiger partial charge in [0.1, 0.15) is 0 Å². The average Bonchev–Trinajstić information content (AvgIpc) is 2.86. The van der Waals surface area contributed by atoms with E-state index in [2.05, 4.69) is 26.0 Å². The number of halogens is 1. The van der Waals surface area contributed by atoms with Crippen LogP contribution in [0, 0.1) is 6.92 Å². The van der Waals surface area contributed by atoms with Crippen molar-refractivity contribution in [2.24, 2.45) is 0 Å². The van der Waals surface area contributed by atoms with Gasteiger partial charge in [-0.25, -0.2) is 16.8 Å². The van der Waals surface area contributed by atoms with Crippen molar-refractivity contribution in [3.05, 3.63) is 82.3 Å². The van der Waals surface area contributed by atoms with Gasteiger partial charge >= 0.3 is 0 Å². The van der Waals surface area contributed by atoms with Crippen molar-refractivity contribution < 1.29 is 26.4 Å². The first-order valence-corrected chi connectivity index (χ1v) is 14.7. The molecule has 1 saturated heterocycles. The zero-order valence-electron chi connectivity index (χ0n) is 19.3. The third-order valence-corrected chi connectivity index (χ3v) is 9.41. The highest BCUT2D eigenvalue weighted by molar-refractivity contribution is 9.10. The molecular formula is C24H24BrN3O6S2. The molecule has 3 aromatic carbocycles. The fraction of sp³-hybridized carbons (Fsp3) is 0.208. The van der Waals surface area contributed by atoms with Gasteiger partial charge in [0.25, 0.3) is 15.9 Å². The quantitative estimate of drug-likeness (QED) is 0.429. The first kappa shape index (κ1) is 26.3. The van der Waals surface area contributed by atoms with Crippen LogP contribution in [0.25, 0.3) is 0 Å². The van der Waals surface area contributed by atoms with E-state index < -0.39 is 26.0 Å². The molecule has 2 N–H and O–H groups in total. The van der Waals surface area contributed by atoms with E-state index in [0.29, 0.717) is 24.5 Å². The van der Waals surface area contributed by atoms with Crippen molar-refractivity contribution in [3.63, 3.8) is 0 Å². The van der Waals surface area contributed by atoms with E-state index in [4.69, 9.17) is 4.74 Å². The van der Waals surface area contributed by atoms with Crippen LogP contribution in [0.4, 0.5) is 11.4 Å². The lowest BCUT2D eigenvalue weighted by Crippen LogP contribution is -2.40. The summed E-state index contributed by atoms with van der Waals surface area (Å²) in [5.74, 6) is -0.590. The molecule has 0 radical (unpaired) electrons. The number of ether oxygens (including phenoxy) is 1. The van der Waals surface area contributed by atoms with Gasteiger partial charge in [-0.2, -0.15) is 4.31 Å². The van der Waals surface area contributed by atoms with Crippen LogP contribution in [-0.4, -0.2) is 53.4 Å². The highest BCUT2D eigenvalue weighted by atomic mass is 79.9. The predicted molar refractivity (Wildman–Crippen MR) is 140 cm³/mol. The molecule has 36 heavy (non-hydrogen) atoms. The van der Waals surface area contributed by atoms with Crippen LogP contribution in [0.5, 0.6) is 0 Å². The van der Waals surface area contributed by atoms with Crippen LogP contribution < -0.4 is 10.0 Å². The Morgan fingerprint density at radius 3 is 2.22 bits per heavy atom. The van der Waals surface area contributed by atoms with E-state index in [1.54, 1.807) is 37.3 Å². The molecule has 3 aromatic rings. The molecule has 1 aliphatic heterocycles. The van der Waals surface area contributed by atoms with Crippen LogP contribution in [0.2, 0.25) is 0 Å². The number of hydrogen-bond acceptors (Lipinski definition) is 6. The molecule has 0 spiro atoms. The Balaban J connectivity index is 1.59. The van der Waals surface area contributed by atoms with E-state index in [1.807, 2.05) is 0 Å². The highest BCUT2D eigenvalue weighted by Crippen LogP contribution is 2.26. The standard InChI is InChI=1S/C24H24BrN3O6S2/c1-17-6-9-20(36(32,33)28-12-14-34-15-13-28)16-23(17)26-24(29)21-4-2-3-5-22(21)27-35(30,31)19-10-7-18(25)8-11-19/h2-11,16,27H,12-15H2,1H3,(H,26,29). The Morgan fingerprint density at radius 1 is 0.889 bits per heavy atom. The molecule has 0 saturated carbocycles. The van der Waals surface area contributed by atoms with E-state index in [0.717, 1.165) is 4.47 Å². The number of nitrogens with zero attached hydrogens (tertiary/aromatic N) is 1. The highest BCUT2D eigenvalue weighted by Gasteiger charge is 2.27. The first-order valence-electron chi connectivity index (χ1n) is 11.0. The Labute approximate surface area is 218 Å². The zero-order chi connectivity index (χ0) is 25.9. The van der Waals surface area contributed by atoms with Gasteiger partial charge in [-0.1, -0.05) is 34.1 Å². The minimum Gasteiger partial charge on any atom is -0.379 e. The summed E-state index contributed by atoms with van der Waals surface area (Å²) >= 11 is 3.27. The lowest BCUT2D eigenvalue weighted by atomic mass is 10.1. The SMILES string of the molecule is Cc1ccc(S(=O)(=O)N2CCOCC2)cc1NC(=O)c1ccccc1NS(=O)(=O)c1ccc(Br)cc1. The van der Waals surface area contributed by atoms with Gasteiger partial charge in [0.05, 0.1) is 34.3 Å². The van der Waals surface area contributed by atoms with Crippen molar-refractivity contribution >= 4 is 53.3 Å². The molecule has 190 valence electrons. The Bertz CT molecular complexity index is 1490. The van der Waals surface area contributed by atoms with E-state index in [1.165, 1.54) is 40.7 Å². The number of nitrogens with one attached hydrogen (secondary N) is 2. The number of hydrogen-bond donors (Lipinski definition) is 2. The molecule has 9 nitrogen and oxygen atoms in total. The molecule has 0 atom stereocenters. The van der Waals surface area contributed by atoms with Crippen molar-refractivity contribution in [2.75, 3.05) is 36.3 Å². The van der Waals surface area contributed by atoms with E-state index >= 15 is 0 Å². The third kappa shape index (κ3) is 5.79. The number of rotatable bonds is 7. The summed E-state index contributed by atoms with van der Waals surface area (Å²) in [5.41, 5.74) is 1.13. The summed E-state index contributed by atoms with van der Waals surface area (Å²) in [6.07, 6.45) is 0. The fourth-order valence-electron chi connectivity index (χ4n) is 3.61. The van der Waals surface area contributed by atoms with E-state index in [-0.39, 0.29) is 34.1 Å². The van der Waals surface area contributed by atoms with Crippen molar-refractivity contribution in [3.8, 4) is 0 Å². The normalized spacial score (nSPS) is 14.8. The van der Waals surface area contributed by atoms with Gasteiger partial charge in [-0.15, -0.1) is 0 Å². The molecule has 12 heteroatoms. The maximum atomic E-state index is 13.2. The van der Waals surface area contributed by atoms with E-state index in [9.17, 15) is 21.6 Å². The topological polar surface area (TPSA) is 122 Å². The second kappa shape index (κ2) is 10.7. The number of sulfonamides is 2. The molecule has 0 unspecified atom stereocenters. The van der Waals surface area contributed by atoms with Gasteiger partial charge in [0.2, 0.25) is 10.0 Å². The van der Waals surface area contributed by atoms with Gasteiger partial charge < -0.3 is 10.1 Å². The second-order valence-corrected chi connectivity index (χ2v) is 12.6. The minimum atomic E-state index is -3.95. The van der Waals surface area contributed by atoms with Crippen molar-refractivity contribution in [1.82, 2.24) is 4.31 Å². The minimum absolute atomic E-state index is 0.0396.